The molecule has 0 saturated carbocycles. The number of nitrogens with zero attached hydrogens (tertiary/aromatic N) is 5. The summed E-state index contributed by atoms with van der Waals surface area (Å²) in [6.45, 7) is 1.88. The topological polar surface area (TPSA) is 63.9 Å². The minimum atomic E-state index is -2.64. The van der Waals surface area contributed by atoms with E-state index in [4.69, 9.17) is 0 Å². The molecule has 3 heterocycles. The number of anilines is 1. The molecule has 1 aromatic carbocycles. The van der Waals surface area contributed by atoms with Crippen LogP contribution in [-0.4, -0.2) is 32.5 Å². The van der Waals surface area contributed by atoms with E-state index in [0.29, 0.717) is 35.6 Å². The fourth-order valence-electron chi connectivity index (χ4n) is 3.60. The molecule has 4 rings (SSSR count). The number of rotatable bonds is 4. The molecule has 2 aromatic heterocycles. The van der Waals surface area contributed by atoms with Gasteiger partial charge in [0, 0.05) is 18.4 Å². The molecule has 1 atom stereocenters. The van der Waals surface area contributed by atoms with Gasteiger partial charge in [0.2, 0.25) is 5.95 Å². The maximum Gasteiger partial charge on any atom is 0.261 e. The van der Waals surface area contributed by atoms with Gasteiger partial charge in [0.25, 0.3) is 12.0 Å². The van der Waals surface area contributed by atoms with Crippen molar-refractivity contribution in [2.75, 3.05) is 11.4 Å². The number of benzene rings is 1. The number of aromatic nitrogens is 4. The van der Waals surface area contributed by atoms with E-state index < -0.39 is 18.5 Å². The summed E-state index contributed by atoms with van der Waals surface area (Å²) in [6, 6.07) is 8.33. The Morgan fingerprint density at radius 3 is 2.81 bits per heavy atom. The van der Waals surface area contributed by atoms with Crippen molar-refractivity contribution in [3.05, 3.63) is 58.4 Å². The Bertz CT molecular complexity index is 1040. The molecule has 6 nitrogen and oxygen atoms in total. The van der Waals surface area contributed by atoms with Gasteiger partial charge < -0.3 is 4.90 Å². The van der Waals surface area contributed by atoms with Crippen molar-refractivity contribution < 1.29 is 8.78 Å². The van der Waals surface area contributed by atoms with Crippen LogP contribution in [0.3, 0.4) is 0 Å². The normalized spacial score (nSPS) is 17.2. The summed E-state index contributed by atoms with van der Waals surface area (Å²) in [5, 5.41) is 0.346. The maximum absolute atomic E-state index is 13.2. The highest BCUT2D eigenvalue weighted by Crippen LogP contribution is 2.33. The molecule has 0 amide bonds. The van der Waals surface area contributed by atoms with Gasteiger partial charge in [-0.25, -0.2) is 23.7 Å². The van der Waals surface area contributed by atoms with Crippen molar-refractivity contribution in [3.8, 4) is 0 Å². The van der Waals surface area contributed by atoms with Crippen LogP contribution in [0.4, 0.5) is 14.7 Å². The van der Waals surface area contributed by atoms with Crippen LogP contribution in [0.2, 0.25) is 0 Å². The van der Waals surface area contributed by atoms with E-state index in [-0.39, 0.29) is 6.04 Å². The van der Waals surface area contributed by atoms with E-state index in [9.17, 15) is 13.6 Å². The van der Waals surface area contributed by atoms with Gasteiger partial charge >= 0.3 is 0 Å². The van der Waals surface area contributed by atoms with Crippen LogP contribution in [0.25, 0.3) is 10.9 Å². The zero-order valence-corrected chi connectivity index (χ0v) is 14.8. The Morgan fingerprint density at radius 1 is 1.22 bits per heavy atom. The second-order valence-electron chi connectivity index (χ2n) is 6.64. The third-order valence-corrected chi connectivity index (χ3v) is 4.80. The van der Waals surface area contributed by atoms with E-state index >= 15 is 0 Å². The summed E-state index contributed by atoms with van der Waals surface area (Å²) in [6.07, 6.45) is 0.576. The summed E-state index contributed by atoms with van der Waals surface area (Å²) in [7, 11) is 0. The third kappa shape index (κ3) is 3.27. The van der Waals surface area contributed by atoms with Crippen LogP contribution in [0, 0.1) is 6.92 Å². The fourth-order valence-corrected chi connectivity index (χ4v) is 3.60. The average Bonchev–Trinajstić information content (AvgIpc) is 3.13. The van der Waals surface area contributed by atoms with E-state index in [1.165, 1.54) is 0 Å². The van der Waals surface area contributed by atoms with E-state index in [2.05, 4.69) is 15.0 Å². The van der Waals surface area contributed by atoms with Crippen LogP contribution in [0.5, 0.6) is 0 Å². The number of para-hydroxylation sites is 1. The summed E-state index contributed by atoms with van der Waals surface area (Å²) in [5.41, 5.74) is 0.898. The highest BCUT2D eigenvalue weighted by Gasteiger charge is 2.32. The van der Waals surface area contributed by atoms with Gasteiger partial charge in [-0.3, -0.25) is 9.36 Å². The first-order chi connectivity index (χ1) is 13.0. The molecule has 0 N–H and O–H groups in total. The third-order valence-electron chi connectivity index (χ3n) is 4.80. The molecular weight excluding hydrogens is 352 g/mol. The number of hydrogen-bond acceptors (Lipinski definition) is 5. The summed E-state index contributed by atoms with van der Waals surface area (Å²) >= 11 is 0. The zero-order valence-electron chi connectivity index (χ0n) is 14.8. The Hall–Kier alpha value is -2.90. The SMILES string of the molecule is Cc1ccnc(N2CCCC2c2nc3ccccc3c(=O)n2CC(F)F)n1. The largest absolute Gasteiger partial charge is 0.331 e. The fraction of sp³-hybridized carbons (Fsp3) is 0.368. The molecule has 1 saturated heterocycles. The molecule has 1 aliphatic heterocycles. The van der Waals surface area contributed by atoms with Gasteiger partial charge in [-0.1, -0.05) is 12.1 Å². The number of halogens is 2. The standard InChI is InChI=1S/C19H19F2N5O/c1-12-8-9-22-19(23-12)25-10-4-7-15(25)17-24-14-6-3-2-5-13(14)18(27)26(17)11-16(20)21/h2-3,5-6,8-9,15-16H,4,7,10-11H2,1H3. The van der Waals surface area contributed by atoms with Gasteiger partial charge in [0.1, 0.15) is 5.82 Å². The molecule has 140 valence electrons. The molecule has 8 heteroatoms. The summed E-state index contributed by atoms with van der Waals surface area (Å²) in [4.78, 5) is 28.2. The van der Waals surface area contributed by atoms with Gasteiger partial charge in [-0.2, -0.15) is 0 Å². The Balaban J connectivity index is 1.87. The van der Waals surface area contributed by atoms with E-state index in [0.717, 1.165) is 16.7 Å². The number of alkyl halides is 2. The number of aryl methyl sites for hydroxylation is 1. The predicted molar refractivity (Wildman–Crippen MR) is 98.1 cm³/mol. The second kappa shape index (κ2) is 7.02. The summed E-state index contributed by atoms with van der Waals surface area (Å²) in [5.74, 6) is 0.880. The molecule has 1 fully saturated rings. The quantitative estimate of drug-likeness (QED) is 0.705. The smallest absolute Gasteiger partial charge is 0.261 e. The molecular formula is C19H19F2N5O. The van der Waals surface area contributed by atoms with Gasteiger partial charge in [-0.15, -0.1) is 0 Å². The highest BCUT2D eigenvalue weighted by atomic mass is 19.3. The van der Waals surface area contributed by atoms with Crippen molar-refractivity contribution in [2.45, 2.75) is 38.8 Å². The van der Waals surface area contributed by atoms with Crippen LogP contribution in [0.15, 0.2) is 41.3 Å². The van der Waals surface area contributed by atoms with Crippen LogP contribution >= 0.6 is 0 Å². The predicted octanol–water partition coefficient (Wildman–Crippen LogP) is 3.10. The molecule has 0 aliphatic carbocycles. The van der Waals surface area contributed by atoms with Gasteiger partial charge in [-0.05, 0) is 38.0 Å². The zero-order chi connectivity index (χ0) is 19.0. The Kier molecular flexibility index (Phi) is 4.55. The molecule has 27 heavy (non-hydrogen) atoms. The monoisotopic (exact) mass is 371 g/mol. The lowest BCUT2D eigenvalue weighted by Gasteiger charge is -2.26. The highest BCUT2D eigenvalue weighted by molar-refractivity contribution is 5.77. The van der Waals surface area contributed by atoms with Crippen molar-refractivity contribution in [2.24, 2.45) is 0 Å². The molecule has 1 unspecified atom stereocenters. The van der Waals surface area contributed by atoms with Crippen LogP contribution in [-0.2, 0) is 6.54 Å². The van der Waals surface area contributed by atoms with Crippen molar-refractivity contribution in [1.29, 1.82) is 0 Å². The van der Waals surface area contributed by atoms with Gasteiger partial charge in [0.05, 0.1) is 23.5 Å². The first kappa shape index (κ1) is 17.5. The molecule has 0 radical (unpaired) electrons. The second-order valence-corrected chi connectivity index (χ2v) is 6.64. The lowest BCUT2D eigenvalue weighted by Crippen LogP contribution is -2.34. The van der Waals surface area contributed by atoms with Crippen molar-refractivity contribution >= 4 is 16.9 Å². The number of fused-ring (bicyclic) bond motifs is 1. The first-order valence-electron chi connectivity index (χ1n) is 8.88. The molecule has 0 bridgehead atoms. The minimum absolute atomic E-state index is 0.317. The lowest BCUT2D eigenvalue weighted by molar-refractivity contribution is 0.123. The van der Waals surface area contributed by atoms with Crippen LogP contribution in [0.1, 0.15) is 30.4 Å². The lowest BCUT2D eigenvalue weighted by atomic mass is 10.1. The average molecular weight is 371 g/mol. The summed E-state index contributed by atoms with van der Waals surface area (Å²) < 4.78 is 27.5. The van der Waals surface area contributed by atoms with Crippen LogP contribution < -0.4 is 10.5 Å². The molecule has 0 spiro atoms. The Morgan fingerprint density at radius 2 is 2.04 bits per heavy atom. The maximum atomic E-state index is 13.2. The number of hydrogen-bond donors (Lipinski definition) is 0. The first-order valence-corrected chi connectivity index (χ1v) is 8.88. The van der Waals surface area contributed by atoms with Gasteiger partial charge in [0.15, 0.2) is 0 Å². The minimum Gasteiger partial charge on any atom is -0.331 e. The van der Waals surface area contributed by atoms with E-state index in [1.807, 2.05) is 11.8 Å². The Labute approximate surface area is 154 Å². The molecule has 3 aromatic rings. The van der Waals surface area contributed by atoms with E-state index in [1.54, 1.807) is 36.5 Å². The molecule has 1 aliphatic rings. The van der Waals surface area contributed by atoms with Crippen molar-refractivity contribution in [1.82, 2.24) is 19.5 Å². The van der Waals surface area contributed by atoms with Crippen molar-refractivity contribution in [3.63, 3.8) is 0 Å².